The Labute approximate surface area is 237 Å². The number of hydrogen-bond donors (Lipinski definition) is 2. The molecule has 1 aromatic heterocycles. The number of thiazole rings is 1. The third-order valence-corrected chi connectivity index (χ3v) is 10.2. The second kappa shape index (κ2) is 11.4. The van der Waals surface area contributed by atoms with E-state index in [2.05, 4.69) is 22.5 Å². The third kappa shape index (κ3) is 5.41. The maximum Gasteiger partial charge on any atom is 0.283 e. The van der Waals surface area contributed by atoms with E-state index in [4.69, 9.17) is 11.6 Å². The lowest BCUT2D eigenvalue weighted by Crippen LogP contribution is -2.61. The van der Waals surface area contributed by atoms with Gasteiger partial charge in [0.25, 0.3) is 5.91 Å². The van der Waals surface area contributed by atoms with Gasteiger partial charge in [-0.3, -0.25) is 9.59 Å². The number of sulfonamides is 1. The Kier molecular flexibility index (Phi) is 8.65. The van der Waals surface area contributed by atoms with Crippen LogP contribution in [0.25, 0.3) is 10.8 Å². The van der Waals surface area contributed by atoms with Crippen molar-refractivity contribution in [3.63, 3.8) is 0 Å². The van der Waals surface area contributed by atoms with Crippen molar-refractivity contribution in [1.29, 1.82) is 0 Å². The Morgan fingerprint density at radius 3 is 2.66 bits per heavy atom. The number of hydrogen-bond acceptors (Lipinski definition) is 7. The molecule has 13 heteroatoms. The summed E-state index contributed by atoms with van der Waals surface area (Å²) in [7, 11) is -2.42. The molecule has 0 spiro atoms. The van der Waals surface area contributed by atoms with E-state index in [0.717, 1.165) is 34.2 Å². The highest BCUT2D eigenvalue weighted by Crippen LogP contribution is 2.29. The second-order valence-corrected chi connectivity index (χ2v) is 12.7. The number of amides is 2. The number of benzene rings is 2. The van der Waals surface area contributed by atoms with Crippen LogP contribution in [-0.4, -0.2) is 73.2 Å². The normalized spacial score (nSPS) is 20.0. The van der Waals surface area contributed by atoms with Crippen molar-refractivity contribution in [2.75, 3.05) is 26.7 Å². The maximum absolute atomic E-state index is 13.5. The maximum atomic E-state index is 13.5. The topological polar surface area (TPSA) is 112 Å². The van der Waals surface area contributed by atoms with Crippen LogP contribution in [0.1, 0.15) is 33.7 Å². The molecule has 38 heavy (non-hydrogen) atoms. The van der Waals surface area contributed by atoms with Crippen LogP contribution in [0.4, 0.5) is 0 Å². The largest absolute Gasteiger partial charge is 0.357 e. The average Bonchev–Trinajstić information content (AvgIpc) is 3.34. The van der Waals surface area contributed by atoms with E-state index in [1.54, 1.807) is 30.3 Å². The SMILES string of the molecule is CCC1Cc2sc(C(=O)N3CCN(S(=O)(=O)c4ccc5cc(Cl)ccc5c4)CC3C(=O)NC)nc2CN1.Cl. The van der Waals surface area contributed by atoms with Crippen molar-refractivity contribution in [1.82, 2.24) is 24.8 Å². The molecule has 2 amide bonds. The van der Waals surface area contributed by atoms with Crippen LogP contribution in [0.5, 0.6) is 0 Å². The van der Waals surface area contributed by atoms with Crippen molar-refractivity contribution >= 4 is 68.0 Å². The van der Waals surface area contributed by atoms with E-state index in [1.807, 2.05) is 0 Å². The number of likely N-dealkylation sites (N-methyl/N-ethyl adjacent to an activating group) is 1. The molecular formula is C25H29Cl2N5O4S2. The quantitative estimate of drug-likeness (QED) is 0.467. The zero-order valence-electron chi connectivity index (χ0n) is 20.9. The van der Waals surface area contributed by atoms with E-state index in [1.165, 1.54) is 33.7 Å². The number of carbonyl (C=O) groups is 2. The van der Waals surface area contributed by atoms with Crippen LogP contribution < -0.4 is 10.6 Å². The Balaban J connectivity index is 0.00000336. The van der Waals surface area contributed by atoms with Crippen LogP contribution in [0, 0.1) is 0 Å². The lowest BCUT2D eigenvalue weighted by Gasteiger charge is -2.39. The lowest BCUT2D eigenvalue weighted by molar-refractivity contribution is -0.126. The molecule has 0 radical (unpaired) electrons. The first-order chi connectivity index (χ1) is 17.7. The Hall–Kier alpha value is -2.28. The summed E-state index contributed by atoms with van der Waals surface area (Å²) in [5.74, 6) is -0.767. The zero-order chi connectivity index (χ0) is 26.3. The standard InChI is InChI=1S/C25H28ClN5O4S2.ClH/c1-3-18-12-22-20(13-28-18)29-24(36-22)25(33)31-9-8-30(14-21(31)23(32)27-2)37(34,35)19-7-5-15-10-17(26)6-4-16(15)11-19;/h4-7,10-11,18,21,28H,3,8-9,12-14H2,1-2H3,(H,27,32);1H. The molecule has 1 fully saturated rings. The highest BCUT2D eigenvalue weighted by Gasteiger charge is 2.41. The zero-order valence-corrected chi connectivity index (χ0v) is 24.1. The molecule has 3 heterocycles. The molecule has 2 N–H and O–H groups in total. The van der Waals surface area contributed by atoms with Gasteiger partial charge in [-0.05, 0) is 47.9 Å². The minimum Gasteiger partial charge on any atom is -0.357 e. The van der Waals surface area contributed by atoms with Crippen LogP contribution in [-0.2, 0) is 27.8 Å². The summed E-state index contributed by atoms with van der Waals surface area (Å²) >= 11 is 7.42. The number of fused-ring (bicyclic) bond motifs is 2. The molecule has 2 unspecified atom stereocenters. The van der Waals surface area contributed by atoms with Crippen LogP contribution in [0.2, 0.25) is 5.02 Å². The molecule has 5 rings (SSSR count). The summed E-state index contributed by atoms with van der Waals surface area (Å²) in [4.78, 5) is 33.6. The van der Waals surface area contributed by atoms with Gasteiger partial charge < -0.3 is 15.5 Å². The molecule has 0 bridgehead atoms. The number of aromatic nitrogens is 1. The monoisotopic (exact) mass is 597 g/mol. The van der Waals surface area contributed by atoms with Crippen LogP contribution in [0.3, 0.4) is 0 Å². The van der Waals surface area contributed by atoms with Crippen molar-refractivity contribution in [2.24, 2.45) is 0 Å². The van der Waals surface area contributed by atoms with Gasteiger partial charge in [0.15, 0.2) is 5.01 Å². The van der Waals surface area contributed by atoms with Crippen molar-refractivity contribution in [3.05, 3.63) is 57.0 Å². The third-order valence-electron chi connectivity index (χ3n) is 7.01. The lowest BCUT2D eigenvalue weighted by atomic mass is 10.1. The summed E-state index contributed by atoms with van der Waals surface area (Å²) < 4.78 is 28.4. The van der Waals surface area contributed by atoms with Gasteiger partial charge in [0.2, 0.25) is 15.9 Å². The van der Waals surface area contributed by atoms with Gasteiger partial charge in [0.05, 0.1) is 10.6 Å². The molecule has 0 aliphatic carbocycles. The first-order valence-electron chi connectivity index (χ1n) is 12.1. The average molecular weight is 599 g/mol. The number of nitrogens with one attached hydrogen (secondary N) is 2. The number of halogens is 2. The first kappa shape index (κ1) is 28.7. The predicted molar refractivity (Wildman–Crippen MR) is 151 cm³/mol. The molecule has 1 saturated heterocycles. The van der Waals surface area contributed by atoms with E-state index in [0.29, 0.717) is 22.6 Å². The minimum atomic E-state index is -3.90. The molecule has 2 aliphatic rings. The van der Waals surface area contributed by atoms with Crippen molar-refractivity contribution < 1.29 is 18.0 Å². The van der Waals surface area contributed by atoms with E-state index >= 15 is 0 Å². The van der Waals surface area contributed by atoms with E-state index < -0.39 is 22.0 Å². The highest BCUT2D eigenvalue weighted by atomic mass is 35.5. The van der Waals surface area contributed by atoms with Gasteiger partial charge in [-0.1, -0.05) is 30.7 Å². The molecule has 2 aliphatic heterocycles. The van der Waals surface area contributed by atoms with E-state index in [-0.39, 0.29) is 42.8 Å². The Bertz CT molecular complexity index is 1480. The summed E-state index contributed by atoms with van der Waals surface area (Å²) in [6.07, 6.45) is 1.81. The number of nitrogens with zero attached hydrogens (tertiary/aromatic N) is 3. The van der Waals surface area contributed by atoms with Crippen molar-refractivity contribution in [3.8, 4) is 0 Å². The number of rotatable bonds is 5. The smallest absolute Gasteiger partial charge is 0.283 e. The number of carbonyl (C=O) groups excluding carboxylic acids is 2. The first-order valence-corrected chi connectivity index (χ1v) is 14.8. The molecule has 0 saturated carbocycles. The molecule has 9 nitrogen and oxygen atoms in total. The van der Waals surface area contributed by atoms with Gasteiger partial charge in [0, 0.05) is 49.2 Å². The Morgan fingerprint density at radius 2 is 1.92 bits per heavy atom. The van der Waals surface area contributed by atoms with Gasteiger partial charge in [-0.15, -0.1) is 23.7 Å². The second-order valence-electron chi connectivity index (χ2n) is 9.22. The molecule has 204 valence electrons. The molecule has 2 atom stereocenters. The van der Waals surface area contributed by atoms with Crippen LogP contribution >= 0.6 is 35.3 Å². The number of piperazine rings is 1. The summed E-state index contributed by atoms with van der Waals surface area (Å²) in [5, 5.41) is 8.48. The fourth-order valence-electron chi connectivity index (χ4n) is 4.84. The van der Waals surface area contributed by atoms with Gasteiger partial charge >= 0.3 is 0 Å². The van der Waals surface area contributed by atoms with Gasteiger partial charge in [-0.2, -0.15) is 4.31 Å². The summed E-state index contributed by atoms with van der Waals surface area (Å²) in [6.45, 7) is 2.74. The van der Waals surface area contributed by atoms with Gasteiger partial charge in [-0.25, -0.2) is 13.4 Å². The van der Waals surface area contributed by atoms with E-state index in [9.17, 15) is 18.0 Å². The molecular weight excluding hydrogens is 569 g/mol. The highest BCUT2D eigenvalue weighted by molar-refractivity contribution is 7.89. The molecule has 3 aromatic rings. The minimum absolute atomic E-state index is 0. The van der Waals surface area contributed by atoms with Crippen molar-refractivity contribution in [2.45, 2.75) is 43.3 Å². The van der Waals surface area contributed by atoms with Crippen LogP contribution in [0.15, 0.2) is 41.3 Å². The Morgan fingerprint density at radius 1 is 1.18 bits per heavy atom. The van der Waals surface area contributed by atoms with Gasteiger partial charge in [0.1, 0.15) is 6.04 Å². The summed E-state index contributed by atoms with van der Waals surface area (Å²) in [6, 6.07) is 9.50. The predicted octanol–water partition coefficient (Wildman–Crippen LogP) is 3.06. The molecule has 2 aromatic carbocycles. The summed E-state index contributed by atoms with van der Waals surface area (Å²) in [5.41, 5.74) is 0.869. The fourth-order valence-corrected chi connectivity index (χ4v) is 7.60. The fraction of sp³-hybridized carbons (Fsp3) is 0.400.